The first-order valence-corrected chi connectivity index (χ1v) is 12.2. The minimum absolute atomic E-state index is 0.0448. The number of nitrogens with two attached hydrogens (primary N) is 1. The highest BCUT2D eigenvalue weighted by Gasteiger charge is 2.25. The highest BCUT2D eigenvalue weighted by molar-refractivity contribution is 6.01. The number of primary amides is 1. The van der Waals surface area contributed by atoms with Gasteiger partial charge in [-0.05, 0) is 56.5 Å². The lowest BCUT2D eigenvalue weighted by atomic mass is 10.1. The van der Waals surface area contributed by atoms with Crippen molar-refractivity contribution in [2.75, 3.05) is 44.6 Å². The molecule has 9 nitrogen and oxygen atoms in total. The predicted octanol–water partition coefficient (Wildman–Crippen LogP) is 3.37. The molecule has 0 aliphatic carbocycles. The van der Waals surface area contributed by atoms with Crippen molar-refractivity contribution >= 4 is 23.4 Å². The van der Waals surface area contributed by atoms with Gasteiger partial charge < -0.3 is 25.3 Å². The molecule has 2 heterocycles. The second kappa shape index (κ2) is 11.9. The first-order chi connectivity index (χ1) is 16.7. The number of nitrogens with zero attached hydrogens (tertiary/aromatic N) is 3. The Balaban J connectivity index is 1.56. The molecule has 1 fully saturated rings. The van der Waals surface area contributed by atoms with Crippen LogP contribution in [0.15, 0.2) is 30.3 Å². The summed E-state index contributed by atoms with van der Waals surface area (Å²) in [5.41, 5.74) is 7.89. The number of ketones is 1. The first kappa shape index (κ1) is 26.3. The van der Waals surface area contributed by atoms with Crippen molar-refractivity contribution in [3.05, 3.63) is 47.3 Å². The maximum absolute atomic E-state index is 13.2. The van der Waals surface area contributed by atoms with E-state index in [-0.39, 0.29) is 18.4 Å². The maximum atomic E-state index is 13.2. The van der Waals surface area contributed by atoms with Crippen LogP contribution in [0.5, 0.6) is 5.75 Å². The van der Waals surface area contributed by atoms with Crippen molar-refractivity contribution in [3.63, 3.8) is 0 Å². The number of benzene rings is 1. The van der Waals surface area contributed by atoms with Gasteiger partial charge in [0, 0.05) is 44.1 Å². The van der Waals surface area contributed by atoms with Crippen LogP contribution in [-0.4, -0.2) is 71.4 Å². The third-order valence-electron chi connectivity index (χ3n) is 6.29. The highest BCUT2D eigenvalue weighted by atomic mass is 16.5. The number of rotatable bonds is 10. The average molecular weight is 484 g/mol. The Kier molecular flexibility index (Phi) is 8.92. The van der Waals surface area contributed by atoms with Crippen molar-refractivity contribution in [2.24, 2.45) is 11.7 Å². The summed E-state index contributed by atoms with van der Waals surface area (Å²) in [6.45, 7) is 11.7. The number of carbonyl (C=O) groups is 3. The number of urea groups is 1. The summed E-state index contributed by atoms with van der Waals surface area (Å²) < 4.78 is 7.35. The molecular weight excluding hydrogens is 446 g/mol. The van der Waals surface area contributed by atoms with Crippen LogP contribution in [-0.2, 0) is 6.54 Å². The maximum Gasteiger partial charge on any atom is 0.321 e. The van der Waals surface area contributed by atoms with Gasteiger partial charge in [0.25, 0.3) is 5.91 Å². The number of nitrogens with one attached hydrogen (secondary N) is 1. The van der Waals surface area contributed by atoms with Gasteiger partial charge in [0.2, 0.25) is 0 Å². The zero-order valence-corrected chi connectivity index (χ0v) is 21.2. The van der Waals surface area contributed by atoms with E-state index in [2.05, 4.69) is 19.2 Å². The van der Waals surface area contributed by atoms with Crippen molar-refractivity contribution < 1.29 is 19.1 Å². The van der Waals surface area contributed by atoms with E-state index in [1.54, 1.807) is 11.0 Å². The number of aromatic nitrogens is 1. The van der Waals surface area contributed by atoms with Crippen LogP contribution in [0.1, 0.15) is 53.7 Å². The molecule has 3 N–H and O–H groups in total. The molecule has 0 spiro atoms. The number of amides is 3. The molecule has 3 rings (SSSR count). The topological polar surface area (TPSA) is 110 Å². The monoisotopic (exact) mass is 483 g/mol. The minimum atomic E-state index is -0.521. The largest absolute Gasteiger partial charge is 0.494 e. The molecule has 3 amide bonds. The number of piperazine rings is 1. The van der Waals surface area contributed by atoms with Gasteiger partial charge in [-0.3, -0.25) is 14.5 Å². The van der Waals surface area contributed by atoms with Gasteiger partial charge in [-0.1, -0.05) is 13.8 Å². The van der Waals surface area contributed by atoms with Gasteiger partial charge in [-0.25, -0.2) is 4.79 Å². The van der Waals surface area contributed by atoms with Crippen molar-refractivity contribution in [1.82, 2.24) is 14.4 Å². The van der Waals surface area contributed by atoms with E-state index in [1.807, 2.05) is 47.6 Å². The van der Waals surface area contributed by atoms with Crippen LogP contribution in [0, 0.1) is 12.8 Å². The number of carbonyl (C=O) groups excluding carboxylic acids is 3. The van der Waals surface area contributed by atoms with Gasteiger partial charge in [0.05, 0.1) is 24.4 Å². The molecular formula is C26H37N5O4. The molecule has 35 heavy (non-hydrogen) atoms. The number of hydrogen-bond acceptors (Lipinski definition) is 5. The summed E-state index contributed by atoms with van der Waals surface area (Å²) in [6, 6.07) is 8.74. The minimum Gasteiger partial charge on any atom is -0.494 e. The summed E-state index contributed by atoms with van der Waals surface area (Å²) in [5, 5.41) is 2.91. The van der Waals surface area contributed by atoms with E-state index >= 15 is 0 Å². The average Bonchev–Trinajstić information content (AvgIpc) is 3.16. The van der Waals surface area contributed by atoms with Crippen LogP contribution >= 0.6 is 0 Å². The van der Waals surface area contributed by atoms with Gasteiger partial charge in [0.15, 0.2) is 5.78 Å². The molecule has 0 saturated carbocycles. The molecule has 0 radical (unpaired) electrons. The van der Waals surface area contributed by atoms with Crippen LogP contribution in [0.4, 0.5) is 10.5 Å². The Hall–Kier alpha value is -3.33. The Labute approximate surface area is 207 Å². The zero-order chi connectivity index (χ0) is 25.5. The van der Waals surface area contributed by atoms with Gasteiger partial charge in [-0.15, -0.1) is 0 Å². The van der Waals surface area contributed by atoms with Crippen LogP contribution in [0.25, 0.3) is 0 Å². The van der Waals surface area contributed by atoms with Gasteiger partial charge >= 0.3 is 6.03 Å². The van der Waals surface area contributed by atoms with Crippen LogP contribution < -0.4 is 15.8 Å². The van der Waals surface area contributed by atoms with Gasteiger partial charge in [0.1, 0.15) is 5.75 Å². The molecule has 1 aliphatic heterocycles. The Bertz CT molecular complexity index is 1040. The van der Waals surface area contributed by atoms with Gasteiger partial charge in [-0.2, -0.15) is 0 Å². The predicted molar refractivity (Wildman–Crippen MR) is 136 cm³/mol. The van der Waals surface area contributed by atoms with E-state index in [1.165, 1.54) is 0 Å². The van der Waals surface area contributed by atoms with E-state index in [4.69, 9.17) is 10.5 Å². The molecule has 0 atom stereocenters. The van der Waals surface area contributed by atoms with E-state index in [0.717, 1.165) is 17.9 Å². The van der Waals surface area contributed by atoms with E-state index < -0.39 is 5.91 Å². The van der Waals surface area contributed by atoms with E-state index in [0.29, 0.717) is 62.2 Å². The standard InChI is InChI=1S/C26H37N5O4/c1-5-35-21-8-6-20(7-9-21)28-26(34)30-14-12-29(13-15-30)17-24(32)23-16-22(25(27)33)19(4)31(23)11-10-18(2)3/h6-9,16,18H,5,10-15,17H2,1-4H3,(H2,27,33)(H,28,34). The normalized spacial score (nSPS) is 14.3. The summed E-state index contributed by atoms with van der Waals surface area (Å²) in [6.07, 6.45) is 0.899. The van der Waals surface area contributed by atoms with E-state index in [9.17, 15) is 14.4 Å². The fraction of sp³-hybridized carbons (Fsp3) is 0.500. The molecule has 1 aromatic carbocycles. The molecule has 1 aromatic heterocycles. The van der Waals surface area contributed by atoms with Crippen molar-refractivity contribution in [3.8, 4) is 5.75 Å². The highest BCUT2D eigenvalue weighted by Crippen LogP contribution is 2.19. The summed E-state index contributed by atoms with van der Waals surface area (Å²) >= 11 is 0. The molecule has 1 saturated heterocycles. The third kappa shape index (κ3) is 6.85. The molecule has 0 unspecified atom stereocenters. The first-order valence-electron chi connectivity index (χ1n) is 12.2. The molecule has 9 heteroatoms. The lowest BCUT2D eigenvalue weighted by Crippen LogP contribution is -2.51. The van der Waals surface area contributed by atoms with Crippen LogP contribution in [0.3, 0.4) is 0 Å². The third-order valence-corrected chi connectivity index (χ3v) is 6.29. The smallest absolute Gasteiger partial charge is 0.321 e. The van der Waals surface area contributed by atoms with Crippen molar-refractivity contribution in [2.45, 2.75) is 40.7 Å². The number of hydrogen-bond donors (Lipinski definition) is 2. The number of Topliss-reactive ketones (excluding diaryl/α,β-unsaturated/α-hetero) is 1. The number of anilines is 1. The van der Waals surface area contributed by atoms with Crippen molar-refractivity contribution in [1.29, 1.82) is 0 Å². The zero-order valence-electron chi connectivity index (χ0n) is 21.2. The lowest BCUT2D eigenvalue weighted by molar-refractivity contribution is 0.0874. The molecule has 2 aromatic rings. The van der Waals surface area contributed by atoms with Crippen LogP contribution in [0.2, 0.25) is 0 Å². The fourth-order valence-electron chi connectivity index (χ4n) is 4.20. The quantitative estimate of drug-likeness (QED) is 0.504. The fourth-order valence-corrected chi connectivity index (χ4v) is 4.20. The Morgan fingerprint density at radius 3 is 2.31 bits per heavy atom. The molecule has 0 bridgehead atoms. The summed E-state index contributed by atoms with van der Waals surface area (Å²) in [7, 11) is 0. The SMILES string of the molecule is CCOc1ccc(NC(=O)N2CCN(CC(=O)c3cc(C(N)=O)c(C)n3CCC(C)C)CC2)cc1. The lowest BCUT2D eigenvalue weighted by Gasteiger charge is -2.34. The Morgan fingerprint density at radius 1 is 1.09 bits per heavy atom. The number of ether oxygens (including phenoxy) is 1. The molecule has 1 aliphatic rings. The second-order valence-electron chi connectivity index (χ2n) is 9.30. The Morgan fingerprint density at radius 2 is 1.74 bits per heavy atom. The summed E-state index contributed by atoms with van der Waals surface area (Å²) in [5.74, 6) is 0.666. The second-order valence-corrected chi connectivity index (χ2v) is 9.30. The summed E-state index contributed by atoms with van der Waals surface area (Å²) in [4.78, 5) is 41.5. The molecule has 190 valence electrons.